The molecule has 0 aliphatic carbocycles. The minimum Gasteiger partial charge on any atom is -0.462 e. The highest BCUT2D eigenvalue weighted by Gasteiger charge is 2.83. The Morgan fingerprint density at radius 3 is 1.97 bits per heavy atom. The zero-order chi connectivity index (χ0) is 28.2. The molecule has 204 valence electrons. The van der Waals surface area contributed by atoms with Crippen LogP contribution in [0.25, 0.3) is 0 Å². The van der Waals surface area contributed by atoms with Crippen molar-refractivity contribution in [1.29, 1.82) is 0 Å². The molecule has 0 unspecified atom stereocenters. The molecule has 0 heterocycles. The van der Waals surface area contributed by atoms with Gasteiger partial charge >= 0.3 is 42.6 Å². The van der Waals surface area contributed by atoms with Crippen molar-refractivity contribution >= 4 is 32.1 Å². The summed E-state index contributed by atoms with van der Waals surface area (Å²) < 4.78 is 142. The van der Waals surface area contributed by atoms with Crippen LogP contribution in [0.4, 0.5) is 26.3 Å². The number of nitrogens with one attached hydrogen (secondary N) is 1. The predicted octanol–water partition coefficient (Wildman–Crippen LogP) is 2.73. The van der Waals surface area contributed by atoms with E-state index in [-0.39, 0.29) is 24.6 Å². The lowest BCUT2D eigenvalue weighted by Gasteiger charge is -2.29. The third kappa shape index (κ3) is 6.67. The van der Waals surface area contributed by atoms with Gasteiger partial charge in [0.25, 0.3) is 0 Å². The van der Waals surface area contributed by atoms with Gasteiger partial charge in [-0.3, -0.25) is 9.35 Å². The molecule has 10 nitrogen and oxygen atoms in total. The molecule has 0 saturated carbocycles. The van der Waals surface area contributed by atoms with E-state index in [9.17, 15) is 52.8 Å². The summed E-state index contributed by atoms with van der Waals surface area (Å²) in [6.07, 6.45) is 0.742. The minimum atomic E-state index is -7.17. The van der Waals surface area contributed by atoms with Gasteiger partial charge in [-0.2, -0.15) is 43.2 Å². The fourth-order valence-electron chi connectivity index (χ4n) is 2.14. The van der Waals surface area contributed by atoms with Gasteiger partial charge in [-0.25, -0.2) is 4.79 Å². The molecule has 1 rings (SSSR count). The van der Waals surface area contributed by atoms with E-state index in [1.54, 1.807) is 0 Å². The Hall–Kier alpha value is -2.86. The molecule has 0 fully saturated rings. The number of alkyl halides is 6. The molecule has 1 amide bonds. The first kappa shape index (κ1) is 31.2. The first-order chi connectivity index (χ1) is 16.2. The Morgan fingerprint density at radius 2 is 1.50 bits per heavy atom. The van der Waals surface area contributed by atoms with Crippen LogP contribution in [0.1, 0.15) is 30.1 Å². The number of halogens is 6. The quantitative estimate of drug-likeness (QED) is 0.0909. The normalized spacial score (nSPS) is 13.1. The van der Waals surface area contributed by atoms with Gasteiger partial charge in [0.1, 0.15) is 5.75 Å². The van der Waals surface area contributed by atoms with Crippen molar-refractivity contribution < 1.29 is 66.2 Å². The monoisotopic (exact) mass is 571 g/mol. The summed E-state index contributed by atoms with van der Waals surface area (Å²) in [5.74, 6) is -9.61. The van der Waals surface area contributed by atoms with Crippen LogP contribution in [0.3, 0.4) is 0 Å². The second kappa shape index (κ2) is 11.0. The van der Waals surface area contributed by atoms with Gasteiger partial charge in [0.05, 0.1) is 12.2 Å². The lowest BCUT2D eigenvalue weighted by Crippen LogP contribution is -2.61. The van der Waals surface area contributed by atoms with E-state index in [4.69, 9.17) is 9.29 Å². The highest BCUT2D eigenvalue weighted by molar-refractivity contribution is 7.88. The van der Waals surface area contributed by atoms with Crippen molar-refractivity contribution in [2.45, 2.75) is 36.2 Å². The van der Waals surface area contributed by atoms with Crippen molar-refractivity contribution in [2.75, 3.05) is 13.2 Å². The third-order valence-electron chi connectivity index (χ3n) is 4.14. The Labute approximate surface area is 201 Å². The zero-order valence-corrected chi connectivity index (χ0v) is 19.8. The first-order valence-corrected chi connectivity index (χ1v) is 12.3. The van der Waals surface area contributed by atoms with Crippen LogP contribution in [0.2, 0.25) is 0 Å². The molecule has 0 aromatic heterocycles. The zero-order valence-electron chi connectivity index (χ0n) is 18.1. The van der Waals surface area contributed by atoms with Crippen molar-refractivity contribution in [2.24, 2.45) is 0 Å². The fraction of sp³-hybridized carbons (Fsp3) is 0.444. The van der Waals surface area contributed by atoms with E-state index in [1.807, 2.05) is 0 Å². The molecule has 0 aliphatic rings. The van der Waals surface area contributed by atoms with Crippen LogP contribution in [0, 0.1) is 0 Å². The minimum absolute atomic E-state index is 0.113. The largest absolute Gasteiger partial charge is 0.462 e. The van der Waals surface area contributed by atoms with Gasteiger partial charge < -0.3 is 14.2 Å². The van der Waals surface area contributed by atoms with E-state index in [0.717, 1.165) is 12.1 Å². The molecule has 1 aromatic carbocycles. The van der Waals surface area contributed by atoms with Gasteiger partial charge in [-0.15, -0.1) is 0 Å². The van der Waals surface area contributed by atoms with Crippen LogP contribution in [-0.2, 0) is 29.8 Å². The maximum Gasteiger partial charge on any atom is 0.450 e. The third-order valence-corrected chi connectivity index (χ3v) is 6.34. The average Bonchev–Trinajstić information content (AvgIpc) is 2.74. The number of rotatable bonds is 13. The lowest BCUT2D eigenvalue weighted by atomic mass is 10.2. The number of esters is 1. The average molecular weight is 571 g/mol. The van der Waals surface area contributed by atoms with Crippen molar-refractivity contribution in [1.82, 2.24) is 5.32 Å². The number of carbonyl (C=O) groups is 2. The number of unbranched alkanes of at least 4 members (excludes halogenated alkanes) is 1. The van der Waals surface area contributed by atoms with Crippen LogP contribution >= 0.6 is 0 Å². The molecule has 0 aliphatic heterocycles. The molecule has 36 heavy (non-hydrogen) atoms. The fourth-order valence-corrected chi connectivity index (χ4v) is 3.57. The van der Waals surface area contributed by atoms with Gasteiger partial charge in [0, 0.05) is 12.1 Å². The Morgan fingerprint density at radius 1 is 0.972 bits per heavy atom. The second-order valence-corrected chi connectivity index (χ2v) is 10.1. The number of carbonyl (C=O) groups excluding carboxylic acids is 2. The van der Waals surface area contributed by atoms with E-state index >= 15 is 0 Å². The van der Waals surface area contributed by atoms with Crippen LogP contribution in [0.5, 0.6) is 5.75 Å². The first-order valence-electron chi connectivity index (χ1n) is 9.44. The Bertz CT molecular complexity index is 1200. The van der Waals surface area contributed by atoms with Crippen molar-refractivity contribution in [3.8, 4) is 5.75 Å². The SMILES string of the molecule is C=C(C)C(=O)NCCCCOC(=O)c1ccc(OS(=O)(=O)C(F)(F)C(F)(F)C(F)(F)S(=O)(=O)O)cc1. The van der Waals surface area contributed by atoms with Crippen molar-refractivity contribution in [3.05, 3.63) is 42.0 Å². The molecular formula is C18H19F6NO9S2. The molecule has 0 bridgehead atoms. The number of hydrogen-bond donors (Lipinski definition) is 2. The van der Waals surface area contributed by atoms with Crippen LogP contribution in [0.15, 0.2) is 36.4 Å². The predicted molar refractivity (Wildman–Crippen MR) is 110 cm³/mol. The van der Waals surface area contributed by atoms with Crippen LogP contribution < -0.4 is 9.50 Å². The molecule has 2 N–H and O–H groups in total. The smallest absolute Gasteiger partial charge is 0.450 e. The van der Waals surface area contributed by atoms with Gasteiger partial charge in [0.15, 0.2) is 0 Å². The second-order valence-electron chi connectivity index (χ2n) is 7.02. The Kier molecular flexibility index (Phi) is 9.56. The summed E-state index contributed by atoms with van der Waals surface area (Å²) in [4.78, 5) is 23.2. The van der Waals surface area contributed by atoms with Crippen LogP contribution in [-0.4, -0.2) is 62.8 Å². The summed E-state index contributed by atoms with van der Waals surface area (Å²) in [6.45, 7) is 5.10. The van der Waals surface area contributed by atoms with Gasteiger partial charge in [0.2, 0.25) is 5.91 Å². The molecule has 0 radical (unpaired) electrons. The highest BCUT2D eigenvalue weighted by Crippen LogP contribution is 2.50. The van der Waals surface area contributed by atoms with E-state index < -0.39 is 48.4 Å². The standard InChI is InChI=1S/C18H19F6NO9S2/c1-11(2)14(26)25-9-3-4-10-33-15(27)12-5-7-13(8-6-12)34-36(31,32)18(23,24)16(19,20)17(21,22)35(28,29)30/h5-8H,1,3-4,9-10H2,2H3,(H,25,26)(H,28,29,30). The molecule has 18 heteroatoms. The summed E-state index contributed by atoms with van der Waals surface area (Å²) in [5.41, 5.74) is 0.0282. The van der Waals surface area contributed by atoms with E-state index in [0.29, 0.717) is 30.5 Å². The topological polar surface area (TPSA) is 153 Å². The van der Waals surface area contributed by atoms with Crippen molar-refractivity contribution in [3.63, 3.8) is 0 Å². The van der Waals surface area contributed by atoms with E-state index in [2.05, 4.69) is 16.1 Å². The molecule has 0 spiro atoms. The summed E-state index contributed by atoms with van der Waals surface area (Å²) >= 11 is 0. The van der Waals surface area contributed by atoms with Gasteiger partial charge in [-0.1, -0.05) is 6.58 Å². The molecular weight excluding hydrogens is 552 g/mol. The summed E-state index contributed by atoms with van der Waals surface area (Å²) in [7, 11) is -14.1. The molecule has 0 saturated heterocycles. The van der Waals surface area contributed by atoms with E-state index in [1.165, 1.54) is 6.92 Å². The summed E-state index contributed by atoms with van der Waals surface area (Å²) in [5, 5.41) is -11.2. The number of hydrogen-bond acceptors (Lipinski definition) is 8. The Balaban J connectivity index is 2.82. The maximum atomic E-state index is 13.8. The lowest BCUT2D eigenvalue weighted by molar-refractivity contribution is -0.247. The van der Waals surface area contributed by atoms with Gasteiger partial charge in [-0.05, 0) is 44.0 Å². The maximum absolute atomic E-state index is 13.8. The molecule has 1 aromatic rings. The summed E-state index contributed by atoms with van der Waals surface area (Å²) in [6, 6.07) is 2.58. The number of benzene rings is 1. The molecule has 0 atom stereocenters. The highest BCUT2D eigenvalue weighted by atomic mass is 32.2. The number of ether oxygens (including phenoxy) is 1. The number of amides is 1.